The molecule has 0 radical (unpaired) electrons. The number of nitrogens with two attached hydrogens (primary N) is 1. The van der Waals surface area contributed by atoms with Gasteiger partial charge >= 0.3 is 6.09 Å². The van der Waals surface area contributed by atoms with E-state index in [1.54, 1.807) is 61.3 Å². The zero-order chi connectivity index (χ0) is 58.0. The lowest BCUT2D eigenvalue weighted by atomic mass is 9.89. The zero-order valence-electron chi connectivity index (χ0n) is 48.4. The third-order valence-corrected chi connectivity index (χ3v) is 16.2. The van der Waals surface area contributed by atoms with Gasteiger partial charge in [0.05, 0.1) is 48.7 Å². The number of likely N-dealkylation sites (N-methyl/N-ethyl adjacent to an activating group) is 2. The summed E-state index contributed by atoms with van der Waals surface area (Å²) in [6.07, 6.45) is 2.72. The summed E-state index contributed by atoms with van der Waals surface area (Å²) in [6.45, 7) is 18.8. The lowest BCUT2D eigenvalue weighted by molar-refractivity contribution is -0.148. The van der Waals surface area contributed by atoms with E-state index in [1.165, 1.54) is 30.4 Å². The fourth-order valence-electron chi connectivity index (χ4n) is 10.0. The van der Waals surface area contributed by atoms with Crippen LogP contribution in [0.15, 0.2) is 66.2 Å². The third-order valence-electron chi connectivity index (χ3n) is 15.4. The Bertz CT molecular complexity index is 2390. The molecule has 1 aliphatic rings. The Morgan fingerprint density at radius 3 is 1.99 bits per heavy atom. The molecular formula is C58H89N9O10S. The summed E-state index contributed by atoms with van der Waals surface area (Å²) in [4.78, 5) is 106. The molecule has 432 valence electrons. The topological polar surface area (TPSA) is 244 Å². The van der Waals surface area contributed by atoms with E-state index in [1.807, 2.05) is 98.0 Å². The largest absolute Gasteiger partial charge is 0.445 e. The highest BCUT2D eigenvalue weighted by Crippen LogP contribution is 2.31. The molecule has 4 rings (SSSR count). The van der Waals surface area contributed by atoms with Gasteiger partial charge in [-0.25, -0.2) is 9.78 Å². The number of benzene rings is 2. The average Bonchev–Trinajstić information content (AvgIpc) is 4.18. The van der Waals surface area contributed by atoms with Crippen LogP contribution in [0.3, 0.4) is 0 Å². The van der Waals surface area contributed by atoms with Crippen LogP contribution >= 0.6 is 11.3 Å². The Morgan fingerprint density at radius 1 is 0.769 bits per heavy atom. The molecule has 1 saturated heterocycles. The summed E-state index contributed by atoms with van der Waals surface area (Å²) < 4.78 is 17.9. The molecule has 2 aromatic carbocycles. The molecular weight excluding hydrogens is 1010 g/mol. The Labute approximate surface area is 466 Å². The summed E-state index contributed by atoms with van der Waals surface area (Å²) in [5.74, 6) is -3.68. The number of anilines is 1. The highest BCUT2D eigenvalue weighted by atomic mass is 32.1. The number of thiazole rings is 1. The first-order valence-corrected chi connectivity index (χ1v) is 28.4. The van der Waals surface area contributed by atoms with Crippen LogP contribution in [0.1, 0.15) is 124 Å². The Morgan fingerprint density at radius 2 is 1.42 bits per heavy atom. The van der Waals surface area contributed by atoms with Crippen molar-refractivity contribution >= 4 is 58.6 Å². The summed E-state index contributed by atoms with van der Waals surface area (Å²) in [6, 6.07) is 11.7. The van der Waals surface area contributed by atoms with Gasteiger partial charge in [0, 0.05) is 52.1 Å². The van der Waals surface area contributed by atoms with Crippen molar-refractivity contribution in [2.45, 2.75) is 169 Å². The molecule has 1 fully saturated rings. The number of aromatic nitrogens is 1. The summed E-state index contributed by atoms with van der Waals surface area (Å²) in [5, 5.41) is 14.3. The van der Waals surface area contributed by atoms with Gasteiger partial charge in [0.1, 0.15) is 29.7 Å². The average molecular weight is 1100 g/mol. The lowest BCUT2D eigenvalue weighted by Gasteiger charge is -2.41. The maximum absolute atomic E-state index is 14.8. The number of nitrogens with zero attached hydrogens (tertiary/aromatic N) is 4. The number of methoxy groups -OCH3 is 2. The van der Waals surface area contributed by atoms with Gasteiger partial charge in [-0.05, 0) is 73.1 Å². The van der Waals surface area contributed by atoms with Crippen molar-refractivity contribution in [3.63, 3.8) is 0 Å². The van der Waals surface area contributed by atoms with Crippen molar-refractivity contribution < 1.29 is 47.8 Å². The monoisotopic (exact) mass is 1100 g/mol. The zero-order valence-corrected chi connectivity index (χ0v) is 49.3. The van der Waals surface area contributed by atoms with E-state index in [4.69, 9.17) is 19.9 Å². The highest BCUT2D eigenvalue weighted by Gasteiger charge is 2.44. The molecule has 0 spiro atoms. The number of rotatable bonds is 29. The molecule has 1 aliphatic heterocycles. The molecule has 0 bridgehead atoms. The molecule has 0 saturated carbocycles. The molecule has 3 unspecified atom stereocenters. The number of carbonyl (C=O) groups is 7. The van der Waals surface area contributed by atoms with Crippen LogP contribution < -0.4 is 27.0 Å². The normalized spacial score (nSPS) is 17.8. The number of ether oxygens (including phenoxy) is 3. The van der Waals surface area contributed by atoms with Crippen molar-refractivity contribution in [1.29, 1.82) is 0 Å². The molecule has 2 heterocycles. The Balaban J connectivity index is 1.43. The second-order valence-corrected chi connectivity index (χ2v) is 22.5. The van der Waals surface area contributed by atoms with Gasteiger partial charge in [0.2, 0.25) is 35.4 Å². The number of hydrogen-bond donors (Lipinski definition) is 5. The maximum atomic E-state index is 14.8. The highest BCUT2D eigenvalue weighted by molar-refractivity contribution is 7.09. The van der Waals surface area contributed by atoms with Crippen molar-refractivity contribution in [2.24, 2.45) is 35.3 Å². The summed E-state index contributed by atoms with van der Waals surface area (Å²) >= 11 is 1.48. The van der Waals surface area contributed by atoms with Crippen LogP contribution in [-0.4, -0.2) is 145 Å². The molecule has 78 heavy (non-hydrogen) atoms. The number of amides is 7. The standard InChI is InChI=1S/C58H89N9O10S/c1-15-36(7)49(45(75-13)32-46(68)67-29-20-23-44(67)51(76-14)38(9)52(69)63-43(56-60-28-30-78-56)31-40-21-18-17-19-22-40)65(11)57(73)48(35(5)6)64-55(72)50(37(8)16-2)66(12)58(74)77-33-41-24-26-42(27-25-41)62-53(70)39(10)61-54(71)47(59)34(3)4/h17-19,21-22,24-28,30,34-39,43-45,47-51H,15-16,20,23,29,31-33,59H2,1-14H3,(H,61,71)(H,62,70)(H,63,69)(H,64,72)/t36-,37?,38+,39-,43-,44-,45?,47-,48-,49-,50?,51+/m0/s1. The van der Waals surface area contributed by atoms with E-state index in [9.17, 15) is 33.6 Å². The minimum Gasteiger partial charge on any atom is -0.445 e. The van der Waals surface area contributed by atoms with E-state index in [0.29, 0.717) is 43.5 Å². The van der Waals surface area contributed by atoms with E-state index >= 15 is 0 Å². The molecule has 7 amide bonds. The number of likely N-dealkylation sites (tertiary alicyclic amines) is 1. The van der Waals surface area contributed by atoms with Crippen molar-refractivity contribution in [3.8, 4) is 0 Å². The van der Waals surface area contributed by atoms with Crippen LogP contribution in [0.25, 0.3) is 0 Å². The Hall–Kier alpha value is -5.96. The fraction of sp³-hybridized carbons (Fsp3) is 0.621. The van der Waals surface area contributed by atoms with Gasteiger partial charge in [0.15, 0.2) is 0 Å². The summed E-state index contributed by atoms with van der Waals surface area (Å²) in [7, 11) is 6.27. The van der Waals surface area contributed by atoms with E-state index in [2.05, 4.69) is 26.3 Å². The van der Waals surface area contributed by atoms with Gasteiger partial charge in [-0.3, -0.25) is 33.7 Å². The minimum absolute atomic E-state index is 0.0446. The predicted octanol–water partition coefficient (Wildman–Crippen LogP) is 6.71. The van der Waals surface area contributed by atoms with Crippen LogP contribution in [-0.2, 0) is 56.0 Å². The first-order valence-electron chi connectivity index (χ1n) is 27.5. The minimum atomic E-state index is -1.00. The van der Waals surface area contributed by atoms with Gasteiger partial charge in [-0.15, -0.1) is 11.3 Å². The van der Waals surface area contributed by atoms with E-state index < -0.39 is 72.1 Å². The fourth-order valence-corrected chi connectivity index (χ4v) is 10.7. The lowest BCUT2D eigenvalue weighted by Crippen LogP contribution is -2.60. The molecule has 20 heteroatoms. The molecule has 12 atom stereocenters. The van der Waals surface area contributed by atoms with E-state index in [-0.39, 0.29) is 66.5 Å². The van der Waals surface area contributed by atoms with Crippen LogP contribution in [0.4, 0.5) is 10.5 Å². The van der Waals surface area contributed by atoms with E-state index in [0.717, 1.165) is 17.0 Å². The Kier molecular flexibility index (Phi) is 25.7. The van der Waals surface area contributed by atoms with Crippen LogP contribution in [0, 0.1) is 29.6 Å². The van der Waals surface area contributed by atoms with Crippen molar-refractivity contribution in [3.05, 3.63) is 82.3 Å². The van der Waals surface area contributed by atoms with Crippen LogP contribution in [0.2, 0.25) is 0 Å². The first kappa shape index (κ1) is 64.6. The second kappa shape index (κ2) is 31.0. The second-order valence-electron chi connectivity index (χ2n) is 21.6. The van der Waals surface area contributed by atoms with Gasteiger partial charge in [0.25, 0.3) is 0 Å². The van der Waals surface area contributed by atoms with Crippen LogP contribution in [0.5, 0.6) is 0 Å². The SMILES string of the molecule is CCC(C)C(C(=O)N[C@H](C(=O)N(C)[C@H](C(CC(=O)N1CCC[C@H]1[C@H](OC)[C@@H](C)C(=O)N[C@@H](Cc1ccccc1)c1nccs1)OC)[C@@H](C)CC)C(C)C)N(C)C(=O)OCc1ccc(NC(=O)[C@H](C)NC(=O)[C@@H](N)C(C)C)cc1. The summed E-state index contributed by atoms with van der Waals surface area (Å²) in [5.41, 5.74) is 8.06. The molecule has 19 nitrogen and oxygen atoms in total. The smallest absolute Gasteiger partial charge is 0.410 e. The molecule has 1 aromatic heterocycles. The van der Waals surface area contributed by atoms with Crippen molar-refractivity contribution in [1.82, 2.24) is 35.6 Å². The third kappa shape index (κ3) is 17.5. The quantitative estimate of drug-likeness (QED) is 0.0487. The molecule has 3 aromatic rings. The number of hydrogen-bond acceptors (Lipinski definition) is 13. The van der Waals surface area contributed by atoms with Crippen molar-refractivity contribution in [2.75, 3.05) is 40.2 Å². The van der Waals surface area contributed by atoms with Gasteiger partial charge < -0.3 is 51.0 Å². The number of nitrogens with one attached hydrogen (secondary N) is 4. The first-order chi connectivity index (χ1) is 37.0. The van der Waals surface area contributed by atoms with Gasteiger partial charge in [-0.1, -0.05) is 118 Å². The van der Waals surface area contributed by atoms with Gasteiger partial charge in [-0.2, -0.15) is 0 Å². The maximum Gasteiger partial charge on any atom is 0.410 e. The molecule has 6 N–H and O–H groups in total. The molecule has 0 aliphatic carbocycles. The predicted molar refractivity (Wildman–Crippen MR) is 303 cm³/mol. The number of carbonyl (C=O) groups excluding carboxylic acids is 7.